The molecule has 1 aromatic heterocycles. The highest BCUT2D eigenvalue weighted by atomic mass is 16.1. The zero-order valence-corrected chi connectivity index (χ0v) is 8.37. The van der Waals surface area contributed by atoms with Crippen LogP contribution in [0.5, 0.6) is 0 Å². The van der Waals surface area contributed by atoms with Crippen LogP contribution in [0.4, 0.5) is 0 Å². The number of hydrogen-bond donors (Lipinski definition) is 0. The summed E-state index contributed by atoms with van der Waals surface area (Å²) in [4.78, 5) is 17.8. The number of pyridine rings is 1. The topological polar surface area (TPSA) is 78.7 Å². The van der Waals surface area contributed by atoms with Crippen LogP contribution >= 0.6 is 0 Å². The lowest BCUT2D eigenvalue weighted by atomic mass is 10.2. The van der Waals surface area contributed by atoms with Gasteiger partial charge in [0, 0.05) is 16.0 Å². The number of hydrogen-bond acceptors (Lipinski definition) is 2. The number of benzene rings is 1. The number of carbonyl (C=O) groups is 1. The van der Waals surface area contributed by atoms with E-state index in [0.717, 1.165) is 10.9 Å². The van der Waals surface area contributed by atoms with Crippen LogP contribution < -0.4 is 0 Å². The van der Waals surface area contributed by atoms with Gasteiger partial charge in [0.2, 0.25) is 5.91 Å². The standard InChI is InChI=1S/C11H8N4O/c12-15-14-11(16)7-9-6-5-8-3-1-2-4-10(8)13-9/h1-6H,7H2. The van der Waals surface area contributed by atoms with Crippen molar-refractivity contribution in [3.8, 4) is 0 Å². The molecule has 0 aliphatic carbocycles. The van der Waals surface area contributed by atoms with Crippen LogP contribution in [-0.2, 0) is 11.2 Å². The lowest BCUT2D eigenvalue weighted by Crippen LogP contribution is -2.00. The molecule has 0 saturated carbocycles. The Kier molecular flexibility index (Phi) is 2.80. The Morgan fingerprint density at radius 3 is 2.94 bits per heavy atom. The molecule has 0 aliphatic rings. The van der Waals surface area contributed by atoms with E-state index < -0.39 is 5.91 Å². The number of rotatable bonds is 2. The molecule has 2 aromatic rings. The van der Waals surface area contributed by atoms with Crippen LogP contribution in [0.1, 0.15) is 5.69 Å². The second-order valence-corrected chi connectivity index (χ2v) is 3.26. The number of para-hydroxylation sites is 1. The van der Waals surface area contributed by atoms with E-state index in [1.54, 1.807) is 6.07 Å². The van der Waals surface area contributed by atoms with E-state index in [1.165, 1.54) is 0 Å². The molecule has 1 aromatic carbocycles. The fourth-order valence-corrected chi connectivity index (χ4v) is 1.45. The van der Waals surface area contributed by atoms with Crippen LogP contribution in [0.15, 0.2) is 41.5 Å². The van der Waals surface area contributed by atoms with E-state index >= 15 is 0 Å². The summed E-state index contributed by atoms with van der Waals surface area (Å²) in [6.45, 7) is 0. The molecule has 0 fully saturated rings. The molecule has 1 heterocycles. The number of carbonyl (C=O) groups excluding carboxylic acids is 1. The summed E-state index contributed by atoms with van der Waals surface area (Å²) < 4.78 is 0. The first-order valence-electron chi connectivity index (χ1n) is 4.72. The van der Waals surface area contributed by atoms with Crippen LogP contribution in [0, 0.1) is 0 Å². The quantitative estimate of drug-likeness (QED) is 0.435. The summed E-state index contributed by atoms with van der Waals surface area (Å²) in [5.41, 5.74) is 9.54. The molecule has 78 valence electrons. The van der Waals surface area contributed by atoms with Gasteiger partial charge in [0.1, 0.15) is 0 Å². The molecular formula is C11H8N4O. The predicted molar refractivity (Wildman–Crippen MR) is 59.6 cm³/mol. The van der Waals surface area contributed by atoms with Crippen molar-refractivity contribution in [1.29, 1.82) is 0 Å². The van der Waals surface area contributed by atoms with Gasteiger partial charge < -0.3 is 0 Å². The molecule has 0 bridgehead atoms. The van der Waals surface area contributed by atoms with Crippen molar-refractivity contribution in [2.45, 2.75) is 6.42 Å². The SMILES string of the molecule is [N-]=[N+]=NC(=O)Cc1ccc2ccccc2n1. The van der Waals surface area contributed by atoms with Crippen molar-refractivity contribution in [1.82, 2.24) is 4.98 Å². The van der Waals surface area contributed by atoms with Gasteiger partial charge in [-0.2, -0.15) is 0 Å². The number of azide groups is 1. The summed E-state index contributed by atoms with van der Waals surface area (Å²) in [7, 11) is 0. The summed E-state index contributed by atoms with van der Waals surface area (Å²) in [6, 6.07) is 11.3. The molecule has 0 spiro atoms. The van der Waals surface area contributed by atoms with Gasteiger partial charge in [-0.1, -0.05) is 24.3 Å². The zero-order chi connectivity index (χ0) is 11.4. The van der Waals surface area contributed by atoms with Crippen molar-refractivity contribution < 1.29 is 4.79 Å². The third-order valence-electron chi connectivity index (χ3n) is 2.14. The van der Waals surface area contributed by atoms with Gasteiger partial charge in [-0.3, -0.25) is 9.78 Å². The minimum Gasteiger partial charge on any atom is -0.292 e. The van der Waals surface area contributed by atoms with E-state index in [1.807, 2.05) is 30.3 Å². The Hall–Kier alpha value is -2.39. The third-order valence-corrected chi connectivity index (χ3v) is 2.14. The van der Waals surface area contributed by atoms with Gasteiger partial charge in [0.05, 0.1) is 11.9 Å². The second-order valence-electron chi connectivity index (χ2n) is 3.26. The van der Waals surface area contributed by atoms with Crippen molar-refractivity contribution in [3.05, 3.63) is 52.5 Å². The van der Waals surface area contributed by atoms with Crippen molar-refractivity contribution in [3.63, 3.8) is 0 Å². The molecular weight excluding hydrogens is 204 g/mol. The minimum atomic E-state index is -0.523. The van der Waals surface area contributed by atoms with Gasteiger partial charge in [0.25, 0.3) is 0 Å². The molecule has 5 nitrogen and oxygen atoms in total. The number of nitrogens with zero attached hydrogens (tertiary/aromatic N) is 4. The van der Waals surface area contributed by atoms with E-state index in [4.69, 9.17) is 5.53 Å². The van der Waals surface area contributed by atoms with Gasteiger partial charge >= 0.3 is 0 Å². The molecule has 5 heteroatoms. The van der Waals surface area contributed by atoms with E-state index in [-0.39, 0.29) is 6.42 Å². The highest BCUT2D eigenvalue weighted by Crippen LogP contribution is 2.12. The highest BCUT2D eigenvalue weighted by molar-refractivity contribution is 5.81. The van der Waals surface area contributed by atoms with Crippen LogP contribution in [-0.4, -0.2) is 10.9 Å². The number of fused-ring (bicyclic) bond motifs is 1. The Morgan fingerprint density at radius 2 is 2.12 bits per heavy atom. The third kappa shape index (κ3) is 2.16. The number of amides is 1. The predicted octanol–water partition coefficient (Wildman–Crippen LogP) is 2.61. The van der Waals surface area contributed by atoms with E-state index in [0.29, 0.717) is 5.69 Å². The molecule has 0 unspecified atom stereocenters. The second kappa shape index (κ2) is 4.42. The summed E-state index contributed by atoms with van der Waals surface area (Å²) in [6.07, 6.45) is 0.0366. The summed E-state index contributed by atoms with van der Waals surface area (Å²) >= 11 is 0. The maximum absolute atomic E-state index is 11.1. The Labute approximate surface area is 91.4 Å². The summed E-state index contributed by atoms with van der Waals surface area (Å²) in [5, 5.41) is 4.02. The average molecular weight is 212 g/mol. The molecule has 0 radical (unpaired) electrons. The van der Waals surface area contributed by atoms with Crippen molar-refractivity contribution in [2.75, 3.05) is 0 Å². The largest absolute Gasteiger partial charge is 0.292 e. The van der Waals surface area contributed by atoms with E-state index in [9.17, 15) is 4.79 Å². The Morgan fingerprint density at radius 1 is 1.31 bits per heavy atom. The van der Waals surface area contributed by atoms with Crippen LogP contribution in [0.2, 0.25) is 0 Å². The lowest BCUT2D eigenvalue weighted by Gasteiger charge is -1.99. The normalized spacial score (nSPS) is 9.75. The first-order valence-corrected chi connectivity index (χ1v) is 4.72. The van der Waals surface area contributed by atoms with Gasteiger partial charge in [0.15, 0.2) is 0 Å². The minimum absolute atomic E-state index is 0.0366. The maximum atomic E-state index is 11.1. The first-order chi connectivity index (χ1) is 7.79. The van der Waals surface area contributed by atoms with Gasteiger partial charge in [-0.25, -0.2) is 0 Å². The molecule has 16 heavy (non-hydrogen) atoms. The fourth-order valence-electron chi connectivity index (χ4n) is 1.45. The molecule has 0 aliphatic heterocycles. The van der Waals surface area contributed by atoms with Crippen LogP contribution in [0.25, 0.3) is 21.3 Å². The first kappa shape index (κ1) is 10.1. The van der Waals surface area contributed by atoms with Gasteiger partial charge in [-0.05, 0) is 22.8 Å². The molecule has 1 amide bonds. The van der Waals surface area contributed by atoms with Gasteiger partial charge in [-0.15, -0.1) is 0 Å². The van der Waals surface area contributed by atoms with Crippen molar-refractivity contribution >= 4 is 16.8 Å². The van der Waals surface area contributed by atoms with Crippen LogP contribution in [0.3, 0.4) is 0 Å². The highest BCUT2D eigenvalue weighted by Gasteiger charge is 2.03. The fraction of sp³-hybridized carbons (Fsp3) is 0.0909. The lowest BCUT2D eigenvalue weighted by molar-refractivity contribution is -0.117. The molecule has 0 N–H and O–H groups in total. The number of aromatic nitrogens is 1. The molecule has 0 saturated heterocycles. The zero-order valence-electron chi connectivity index (χ0n) is 8.37. The Balaban J connectivity index is 2.32. The molecule has 0 atom stereocenters. The summed E-state index contributed by atoms with van der Waals surface area (Å²) in [5.74, 6) is -0.523. The van der Waals surface area contributed by atoms with E-state index in [2.05, 4.69) is 15.0 Å². The van der Waals surface area contributed by atoms with Crippen molar-refractivity contribution in [2.24, 2.45) is 5.11 Å². The smallest absolute Gasteiger partial charge is 0.224 e. The maximum Gasteiger partial charge on any atom is 0.224 e. The Bertz CT molecular complexity index is 587. The monoisotopic (exact) mass is 212 g/mol. The average Bonchev–Trinajstić information content (AvgIpc) is 2.29. The molecule has 2 rings (SSSR count).